The minimum atomic E-state index is 0.286. The van der Waals surface area contributed by atoms with Gasteiger partial charge in [-0.1, -0.05) is 12.1 Å². The van der Waals surface area contributed by atoms with E-state index in [0.717, 1.165) is 5.39 Å². The molecule has 0 saturated carbocycles. The van der Waals surface area contributed by atoms with Crippen LogP contribution in [-0.2, 0) is 6.42 Å². The van der Waals surface area contributed by atoms with Crippen LogP contribution in [0.2, 0.25) is 0 Å². The Labute approximate surface area is 75.4 Å². The van der Waals surface area contributed by atoms with Gasteiger partial charge in [-0.25, -0.2) is 0 Å². The zero-order valence-corrected chi connectivity index (χ0v) is 6.95. The Hall–Kier alpha value is -1.95. The SMILES string of the molecule is N#CCc1cc2cccc(N)c2o1. The van der Waals surface area contributed by atoms with E-state index in [0.29, 0.717) is 17.0 Å². The monoisotopic (exact) mass is 172 g/mol. The molecule has 1 heterocycles. The van der Waals surface area contributed by atoms with E-state index < -0.39 is 0 Å². The molecule has 0 spiro atoms. The predicted octanol–water partition coefficient (Wildman–Crippen LogP) is 2.08. The fraction of sp³-hybridized carbons (Fsp3) is 0.100. The van der Waals surface area contributed by atoms with Gasteiger partial charge in [0, 0.05) is 5.39 Å². The molecule has 1 aromatic carbocycles. The van der Waals surface area contributed by atoms with Gasteiger partial charge < -0.3 is 10.2 Å². The van der Waals surface area contributed by atoms with Gasteiger partial charge in [0.2, 0.25) is 0 Å². The van der Waals surface area contributed by atoms with Crippen molar-refractivity contribution in [2.75, 3.05) is 5.73 Å². The van der Waals surface area contributed by atoms with Gasteiger partial charge in [-0.05, 0) is 12.1 Å². The lowest BCUT2D eigenvalue weighted by molar-refractivity contribution is 0.568. The number of furan rings is 1. The van der Waals surface area contributed by atoms with Crippen molar-refractivity contribution < 1.29 is 4.42 Å². The Morgan fingerprint density at radius 2 is 2.31 bits per heavy atom. The zero-order valence-electron chi connectivity index (χ0n) is 6.95. The Morgan fingerprint density at radius 3 is 3.00 bits per heavy atom. The lowest BCUT2D eigenvalue weighted by Crippen LogP contribution is -1.82. The third-order valence-electron chi connectivity index (χ3n) is 1.88. The highest BCUT2D eigenvalue weighted by atomic mass is 16.3. The van der Waals surface area contributed by atoms with E-state index in [-0.39, 0.29) is 6.42 Å². The van der Waals surface area contributed by atoms with Gasteiger partial charge in [-0.15, -0.1) is 0 Å². The smallest absolute Gasteiger partial charge is 0.157 e. The number of hydrogen-bond acceptors (Lipinski definition) is 3. The van der Waals surface area contributed by atoms with Gasteiger partial charge >= 0.3 is 0 Å². The van der Waals surface area contributed by atoms with Crippen molar-refractivity contribution in [2.24, 2.45) is 0 Å². The van der Waals surface area contributed by atoms with Crippen LogP contribution in [0.5, 0.6) is 0 Å². The number of nitrogens with zero attached hydrogens (tertiary/aromatic N) is 1. The minimum Gasteiger partial charge on any atom is -0.458 e. The Morgan fingerprint density at radius 1 is 1.46 bits per heavy atom. The maximum atomic E-state index is 8.47. The molecule has 0 unspecified atom stereocenters. The first-order valence-corrected chi connectivity index (χ1v) is 3.95. The van der Waals surface area contributed by atoms with Gasteiger partial charge in [0.1, 0.15) is 5.76 Å². The number of nitriles is 1. The molecule has 2 N–H and O–H groups in total. The summed E-state index contributed by atoms with van der Waals surface area (Å²) in [4.78, 5) is 0. The Balaban J connectivity index is 2.63. The molecule has 64 valence electrons. The lowest BCUT2D eigenvalue weighted by atomic mass is 10.2. The molecule has 0 fully saturated rings. The molecule has 0 amide bonds. The van der Waals surface area contributed by atoms with E-state index in [1.54, 1.807) is 6.07 Å². The molecule has 3 nitrogen and oxygen atoms in total. The summed E-state index contributed by atoms with van der Waals surface area (Å²) < 4.78 is 5.39. The molecule has 0 saturated heterocycles. The van der Waals surface area contributed by atoms with Crippen LogP contribution in [0.15, 0.2) is 28.7 Å². The van der Waals surface area contributed by atoms with E-state index in [2.05, 4.69) is 0 Å². The van der Waals surface area contributed by atoms with Crippen molar-refractivity contribution in [3.8, 4) is 6.07 Å². The quantitative estimate of drug-likeness (QED) is 0.670. The summed E-state index contributed by atoms with van der Waals surface area (Å²) >= 11 is 0. The van der Waals surface area contributed by atoms with Crippen molar-refractivity contribution in [3.63, 3.8) is 0 Å². The summed E-state index contributed by atoms with van der Waals surface area (Å²) in [6, 6.07) is 9.43. The van der Waals surface area contributed by atoms with Crippen LogP contribution in [-0.4, -0.2) is 0 Å². The second kappa shape index (κ2) is 2.83. The minimum absolute atomic E-state index is 0.286. The van der Waals surface area contributed by atoms with Crippen molar-refractivity contribution in [2.45, 2.75) is 6.42 Å². The van der Waals surface area contributed by atoms with E-state index in [9.17, 15) is 0 Å². The van der Waals surface area contributed by atoms with Crippen LogP contribution in [0.4, 0.5) is 5.69 Å². The summed E-state index contributed by atoms with van der Waals surface area (Å²) in [6.45, 7) is 0. The molecule has 3 heteroatoms. The van der Waals surface area contributed by atoms with Crippen molar-refractivity contribution in [1.29, 1.82) is 5.26 Å². The van der Waals surface area contributed by atoms with Crippen molar-refractivity contribution in [3.05, 3.63) is 30.0 Å². The molecule has 2 aromatic rings. The first kappa shape index (κ1) is 7.69. The van der Waals surface area contributed by atoms with E-state index in [4.69, 9.17) is 15.4 Å². The largest absolute Gasteiger partial charge is 0.458 e. The number of para-hydroxylation sites is 1. The van der Waals surface area contributed by atoms with Crippen LogP contribution in [0.25, 0.3) is 11.0 Å². The number of anilines is 1. The third kappa shape index (κ3) is 1.23. The van der Waals surface area contributed by atoms with Gasteiger partial charge in [0.15, 0.2) is 5.58 Å². The molecular weight excluding hydrogens is 164 g/mol. The normalized spacial score (nSPS) is 10.1. The first-order valence-electron chi connectivity index (χ1n) is 3.95. The molecule has 0 aliphatic heterocycles. The molecule has 2 rings (SSSR count). The fourth-order valence-corrected chi connectivity index (χ4v) is 1.30. The van der Waals surface area contributed by atoms with Gasteiger partial charge in [-0.3, -0.25) is 0 Å². The lowest BCUT2D eigenvalue weighted by Gasteiger charge is -1.91. The standard InChI is InChI=1S/C10H8N2O/c11-5-4-8-6-7-2-1-3-9(12)10(7)13-8/h1-3,6H,4,12H2. The maximum Gasteiger partial charge on any atom is 0.157 e. The number of nitrogen functional groups attached to an aromatic ring is 1. The number of benzene rings is 1. The Kier molecular flexibility index (Phi) is 1.67. The second-order valence-electron chi connectivity index (χ2n) is 2.81. The highest BCUT2D eigenvalue weighted by Crippen LogP contribution is 2.24. The summed E-state index contributed by atoms with van der Waals surface area (Å²) in [6.07, 6.45) is 0.286. The molecule has 0 bridgehead atoms. The average molecular weight is 172 g/mol. The van der Waals surface area contributed by atoms with Crippen LogP contribution >= 0.6 is 0 Å². The van der Waals surface area contributed by atoms with Crippen molar-refractivity contribution in [1.82, 2.24) is 0 Å². The van der Waals surface area contributed by atoms with Crippen molar-refractivity contribution >= 4 is 16.7 Å². The number of rotatable bonds is 1. The topological polar surface area (TPSA) is 63.0 Å². The molecule has 1 aromatic heterocycles. The van der Waals surface area contributed by atoms with Crippen LogP contribution in [0, 0.1) is 11.3 Å². The Bertz CT molecular complexity index is 479. The molecule has 0 aliphatic carbocycles. The number of hydrogen-bond donors (Lipinski definition) is 1. The highest BCUT2D eigenvalue weighted by molar-refractivity contribution is 5.88. The van der Waals surface area contributed by atoms with E-state index >= 15 is 0 Å². The van der Waals surface area contributed by atoms with E-state index in [1.165, 1.54) is 0 Å². The second-order valence-corrected chi connectivity index (χ2v) is 2.81. The molecule has 0 atom stereocenters. The number of fused-ring (bicyclic) bond motifs is 1. The van der Waals surface area contributed by atoms with Gasteiger partial charge in [-0.2, -0.15) is 5.26 Å². The van der Waals surface area contributed by atoms with Crippen LogP contribution < -0.4 is 5.73 Å². The summed E-state index contributed by atoms with van der Waals surface area (Å²) in [5.41, 5.74) is 6.98. The molecular formula is C10H8N2O. The summed E-state index contributed by atoms with van der Waals surface area (Å²) in [5.74, 6) is 0.662. The molecule has 0 radical (unpaired) electrons. The first-order chi connectivity index (χ1) is 6.31. The maximum absolute atomic E-state index is 8.47. The molecule has 0 aliphatic rings. The van der Waals surface area contributed by atoms with Gasteiger partial charge in [0.05, 0.1) is 18.2 Å². The fourth-order valence-electron chi connectivity index (χ4n) is 1.30. The van der Waals surface area contributed by atoms with Gasteiger partial charge in [0.25, 0.3) is 0 Å². The number of nitrogens with two attached hydrogens (primary N) is 1. The summed E-state index contributed by atoms with van der Waals surface area (Å²) in [5, 5.41) is 9.42. The average Bonchev–Trinajstić information content (AvgIpc) is 2.49. The van der Waals surface area contributed by atoms with Crippen LogP contribution in [0.3, 0.4) is 0 Å². The zero-order chi connectivity index (χ0) is 9.26. The molecule has 13 heavy (non-hydrogen) atoms. The van der Waals surface area contributed by atoms with E-state index in [1.807, 2.05) is 24.3 Å². The van der Waals surface area contributed by atoms with Crippen LogP contribution in [0.1, 0.15) is 5.76 Å². The summed E-state index contributed by atoms with van der Waals surface area (Å²) in [7, 11) is 0. The predicted molar refractivity (Wildman–Crippen MR) is 49.9 cm³/mol. The third-order valence-corrected chi connectivity index (χ3v) is 1.88. The highest BCUT2D eigenvalue weighted by Gasteiger charge is 2.04.